The number of benzene rings is 1. The average Bonchev–Trinajstić information content (AvgIpc) is 2.27. The van der Waals surface area contributed by atoms with E-state index >= 15 is 0 Å². The first-order chi connectivity index (χ1) is 8.00. The number of halogens is 1. The van der Waals surface area contributed by atoms with E-state index in [1.54, 1.807) is 0 Å². The summed E-state index contributed by atoms with van der Waals surface area (Å²) >= 11 is 3.96. The second-order valence-electron chi connectivity index (χ2n) is 5.01. The lowest BCUT2D eigenvalue weighted by Gasteiger charge is -2.38. The Morgan fingerprint density at radius 1 is 1.53 bits per heavy atom. The van der Waals surface area contributed by atoms with Gasteiger partial charge in [-0.3, -0.25) is 4.79 Å². The van der Waals surface area contributed by atoms with Crippen LogP contribution in [0.15, 0.2) is 23.1 Å². The molecule has 0 atom stereocenters. The van der Waals surface area contributed by atoms with E-state index in [1.807, 2.05) is 0 Å². The Labute approximate surface area is 106 Å². The van der Waals surface area contributed by atoms with Crippen LogP contribution in [0.5, 0.6) is 0 Å². The van der Waals surface area contributed by atoms with Gasteiger partial charge in [0, 0.05) is 17.0 Å². The number of nitrogens with one attached hydrogen (secondary N) is 1. The van der Waals surface area contributed by atoms with E-state index < -0.39 is 5.82 Å². The second-order valence-corrected chi connectivity index (χ2v) is 5.49. The molecule has 0 saturated heterocycles. The first kappa shape index (κ1) is 12.4. The van der Waals surface area contributed by atoms with Crippen LogP contribution < -0.4 is 5.32 Å². The van der Waals surface area contributed by atoms with Gasteiger partial charge in [-0.25, -0.2) is 4.39 Å². The van der Waals surface area contributed by atoms with Crippen LogP contribution in [-0.4, -0.2) is 12.5 Å². The molecule has 1 saturated carbocycles. The molecule has 0 bridgehead atoms. The third-order valence-electron chi connectivity index (χ3n) is 3.44. The summed E-state index contributed by atoms with van der Waals surface area (Å²) in [5, 5.41) is 2.89. The van der Waals surface area contributed by atoms with Crippen LogP contribution in [0.4, 0.5) is 4.39 Å². The molecule has 1 aromatic rings. The number of thiol groups is 1. The molecule has 1 aliphatic rings. The Bertz CT molecular complexity index is 443. The fraction of sp³-hybridized carbons (Fsp3) is 0.462. The van der Waals surface area contributed by atoms with Crippen molar-refractivity contribution in [1.82, 2.24) is 5.32 Å². The molecule has 1 aromatic carbocycles. The number of hydrogen-bond donors (Lipinski definition) is 2. The molecule has 0 radical (unpaired) electrons. The zero-order valence-electron chi connectivity index (χ0n) is 9.79. The quantitative estimate of drug-likeness (QED) is 0.797. The molecule has 1 N–H and O–H groups in total. The second kappa shape index (κ2) is 4.69. The highest BCUT2D eigenvalue weighted by molar-refractivity contribution is 7.80. The molecule has 0 spiro atoms. The van der Waals surface area contributed by atoms with Crippen molar-refractivity contribution >= 4 is 18.5 Å². The molecule has 0 aliphatic heterocycles. The molecule has 1 amide bonds. The fourth-order valence-corrected chi connectivity index (χ4v) is 2.22. The van der Waals surface area contributed by atoms with Gasteiger partial charge in [-0.1, -0.05) is 13.3 Å². The molecule has 17 heavy (non-hydrogen) atoms. The minimum atomic E-state index is -0.407. The van der Waals surface area contributed by atoms with Crippen LogP contribution in [0.25, 0.3) is 0 Å². The molecule has 0 unspecified atom stereocenters. The molecule has 0 heterocycles. The van der Waals surface area contributed by atoms with Gasteiger partial charge in [0.25, 0.3) is 5.91 Å². The summed E-state index contributed by atoms with van der Waals surface area (Å²) in [6.45, 7) is 2.86. The summed E-state index contributed by atoms with van der Waals surface area (Å²) in [7, 11) is 0. The fourth-order valence-electron chi connectivity index (χ4n) is 2.01. The van der Waals surface area contributed by atoms with E-state index in [1.165, 1.54) is 24.6 Å². The Balaban J connectivity index is 1.97. The van der Waals surface area contributed by atoms with Crippen molar-refractivity contribution < 1.29 is 9.18 Å². The van der Waals surface area contributed by atoms with Crippen molar-refractivity contribution in [3.05, 3.63) is 29.6 Å². The maximum Gasteiger partial charge on any atom is 0.251 e. The van der Waals surface area contributed by atoms with E-state index in [0.29, 0.717) is 12.1 Å². The van der Waals surface area contributed by atoms with Crippen molar-refractivity contribution in [2.45, 2.75) is 31.1 Å². The third kappa shape index (κ3) is 2.80. The first-order valence-electron chi connectivity index (χ1n) is 5.77. The smallest absolute Gasteiger partial charge is 0.251 e. The minimum Gasteiger partial charge on any atom is -0.351 e. The molecule has 4 heteroatoms. The Hall–Kier alpha value is -1.03. The topological polar surface area (TPSA) is 29.1 Å². The van der Waals surface area contributed by atoms with Crippen molar-refractivity contribution in [3.8, 4) is 0 Å². The number of amides is 1. The lowest BCUT2D eigenvalue weighted by atomic mass is 9.70. The average molecular weight is 253 g/mol. The standard InChI is InChI=1S/C13H16FNOS/c1-13(5-2-6-13)8-15-12(16)9-3-4-10(14)11(17)7-9/h3-4,7,17H,2,5-6,8H2,1H3,(H,15,16). The van der Waals surface area contributed by atoms with Crippen molar-refractivity contribution in [2.75, 3.05) is 6.54 Å². The predicted octanol–water partition coefficient (Wildman–Crippen LogP) is 3.03. The van der Waals surface area contributed by atoms with Crippen LogP contribution in [-0.2, 0) is 0 Å². The van der Waals surface area contributed by atoms with Crippen LogP contribution in [0, 0.1) is 11.2 Å². The van der Waals surface area contributed by atoms with Crippen LogP contribution in [0.1, 0.15) is 36.5 Å². The van der Waals surface area contributed by atoms with E-state index in [9.17, 15) is 9.18 Å². The normalized spacial score (nSPS) is 17.4. The number of carbonyl (C=O) groups excluding carboxylic acids is 1. The summed E-state index contributed by atoms with van der Waals surface area (Å²) < 4.78 is 13.0. The van der Waals surface area contributed by atoms with Gasteiger partial charge in [-0.15, -0.1) is 12.6 Å². The van der Waals surface area contributed by atoms with Crippen molar-refractivity contribution in [3.63, 3.8) is 0 Å². The van der Waals surface area contributed by atoms with Crippen LogP contribution in [0.2, 0.25) is 0 Å². The molecule has 1 fully saturated rings. The highest BCUT2D eigenvalue weighted by Gasteiger charge is 2.31. The lowest BCUT2D eigenvalue weighted by molar-refractivity contribution is 0.0890. The van der Waals surface area contributed by atoms with Crippen molar-refractivity contribution in [2.24, 2.45) is 5.41 Å². The first-order valence-corrected chi connectivity index (χ1v) is 6.22. The van der Waals surface area contributed by atoms with E-state index in [0.717, 1.165) is 12.8 Å². The van der Waals surface area contributed by atoms with E-state index in [4.69, 9.17) is 0 Å². The third-order valence-corrected chi connectivity index (χ3v) is 3.79. The van der Waals surface area contributed by atoms with Gasteiger partial charge in [0.05, 0.1) is 0 Å². The molecular weight excluding hydrogens is 237 g/mol. The molecule has 2 rings (SSSR count). The predicted molar refractivity (Wildman–Crippen MR) is 67.9 cm³/mol. The molecule has 1 aliphatic carbocycles. The van der Waals surface area contributed by atoms with Crippen LogP contribution >= 0.6 is 12.6 Å². The van der Waals surface area contributed by atoms with Crippen LogP contribution in [0.3, 0.4) is 0 Å². The zero-order valence-corrected chi connectivity index (χ0v) is 10.7. The van der Waals surface area contributed by atoms with Gasteiger partial charge in [-0.2, -0.15) is 0 Å². The molecule has 0 aromatic heterocycles. The van der Waals surface area contributed by atoms with E-state index in [2.05, 4.69) is 24.9 Å². The van der Waals surface area contributed by atoms with Gasteiger partial charge in [0.15, 0.2) is 0 Å². The molecular formula is C13H16FNOS. The van der Waals surface area contributed by atoms with Gasteiger partial charge < -0.3 is 5.32 Å². The summed E-state index contributed by atoms with van der Waals surface area (Å²) in [6, 6.07) is 4.20. The largest absolute Gasteiger partial charge is 0.351 e. The summed E-state index contributed by atoms with van der Waals surface area (Å²) in [4.78, 5) is 12.0. The van der Waals surface area contributed by atoms with Gasteiger partial charge >= 0.3 is 0 Å². The highest BCUT2D eigenvalue weighted by atomic mass is 32.1. The monoisotopic (exact) mass is 253 g/mol. The SMILES string of the molecule is CC1(CNC(=O)c2ccc(F)c(S)c2)CCC1. The molecule has 92 valence electrons. The highest BCUT2D eigenvalue weighted by Crippen LogP contribution is 2.39. The summed E-state index contributed by atoms with van der Waals surface area (Å²) in [5.74, 6) is -0.565. The van der Waals surface area contributed by atoms with Gasteiger partial charge in [-0.05, 0) is 36.5 Å². The number of hydrogen-bond acceptors (Lipinski definition) is 2. The number of rotatable bonds is 3. The Morgan fingerprint density at radius 3 is 2.76 bits per heavy atom. The summed E-state index contributed by atoms with van der Waals surface area (Å²) in [6.07, 6.45) is 3.56. The molecule has 2 nitrogen and oxygen atoms in total. The minimum absolute atomic E-state index is 0.159. The Morgan fingerprint density at radius 2 is 2.24 bits per heavy atom. The van der Waals surface area contributed by atoms with Crippen molar-refractivity contribution in [1.29, 1.82) is 0 Å². The summed E-state index contributed by atoms with van der Waals surface area (Å²) in [5.41, 5.74) is 0.707. The lowest BCUT2D eigenvalue weighted by Crippen LogP contribution is -2.39. The van der Waals surface area contributed by atoms with E-state index in [-0.39, 0.29) is 16.2 Å². The maximum absolute atomic E-state index is 13.0. The van der Waals surface area contributed by atoms with Gasteiger partial charge in [0.1, 0.15) is 5.82 Å². The maximum atomic E-state index is 13.0. The number of carbonyl (C=O) groups is 1. The van der Waals surface area contributed by atoms with Gasteiger partial charge in [0.2, 0.25) is 0 Å². The zero-order chi connectivity index (χ0) is 12.5. The Kier molecular flexibility index (Phi) is 3.43.